The van der Waals surface area contributed by atoms with Crippen molar-refractivity contribution >= 4 is 23.3 Å². The zero-order valence-electron chi connectivity index (χ0n) is 19.1. The highest BCUT2D eigenvalue weighted by Gasteiger charge is 2.24. The van der Waals surface area contributed by atoms with Crippen molar-refractivity contribution in [3.05, 3.63) is 82.4 Å². The van der Waals surface area contributed by atoms with E-state index in [2.05, 4.69) is 25.4 Å². The highest BCUT2D eigenvalue weighted by molar-refractivity contribution is 7.09. The van der Waals surface area contributed by atoms with Crippen LogP contribution in [0, 0.1) is 12.8 Å². The summed E-state index contributed by atoms with van der Waals surface area (Å²) in [4.78, 5) is 25.4. The fourth-order valence-electron chi connectivity index (χ4n) is 3.17. The maximum atomic E-state index is 12.6. The van der Waals surface area contributed by atoms with Crippen LogP contribution in [0.3, 0.4) is 0 Å². The van der Waals surface area contributed by atoms with Gasteiger partial charge in [-0.2, -0.15) is 4.98 Å². The third-order valence-corrected chi connectivity index (χ3v) is 5.79. The van der Waals surface area contributed by atoms with E-state index in [-0.39, 0.29) is 11.8 Å². The monoisotopic (exact) mass is 475 g/mol. The quantitative estimate of drug-likeness (QED) is 0.340. The number of aryl methyl sites for hydroxylation is 1. The zero-order valence-corrected chi connectivity index (χ0v) is 20.0. The third-order valence-electron chi connectivity index (χ3n) is 4.97. The topological polar surface area (TPSA) is 103 Å². The van der Waals surface area contributed by atoms with Crippen LogP contribution < -0.4 is 10.1 Å². The van der Waals surface area contributed by atoms with Crippen LogP contribution >= 0.6 is 11.3 Å². The molecule has 3 heterocycles. The lowest BCUT2D eigenvalue weighted by molar-refractivity contribution is -0.117. The minimum atomic E-state index is -0.412. The number of hydrogen-bond acceptors (Lipinski definition) is 8. The van der Waals surface area contributed by atoms with Gasteiger partial charge in [-0.25, -0.2) is 4.98 Å². The summed E-state index contributed by atoms with van der Waals surface area (Å²) < 4.78 is 11.2. The number of rotatable bonds is 9. The molecule has 1 unspecified atom stereocenters. The Hall–Kier alpha value is -3.85. The van der Waals surface area contributed by atoms with Gasteiger partial charge in [-0.1, -0.05) is 31.1 Å². The van der Waals surface area contributed by atoms with Crippen LogP contribution in [0.2, 0.25) is 0 Å². The summed E-state index contributed by atoms with van der Waals surface area (Å²) in [7, 11) is 0. The second-order valence-electron chi connectivity index (χ2n) is 7.97. The first-order valence-electron chi connectivity index (χ1n) is 10.8. The predicted octanol–water partition coefficient (Wildman–Crippen LogP) is 5.00. The van der Waals surface area contributed by atoms with E-state index in [9.17, 15) is 4.79 Å². The van der Waals surface area contributed by atoms with Crippen molar-refractivity contribution in [1.29, 1.82) is 0 Å². The summed E-state index contributed by atoms with van der Waals surface area (Å²) in [6.45, 7) is 6.36. The Morgan fingerprint density at radius 3 is 2.59 bits per heavy atom. The fourth-order valence-corrected chi connectivity index (χ4v) is 3.77. The van der Waals surface area contributed by atoms with Gasteiger partial charge >= 0.3 is 0 Å². The Morgan fingerprint density at radius 2 is 1.91 bits per heavy atom. The Morgan fingerprint density at radius 1 is 1.15 bits per heavy atom. The lowest BCUT2D eigenvalue weighted by atomic mass is 10.0. The molecule has 1 atom stereocenters. The van der Waals surface area contributed by atoms with E-state index >= 15 is 0 Å². The summed E-state index contributed by atoms with van der Waals surface area (Å²) in [6, 6.07) is 10.7. The SMILES string of the molecule is Cc1nc(COc2ccc(/C=C/C(=O)NC(c3nc(-c4ccncc4)no3)C(C)C)cc2)cs1. The third kappa shape index (κ3) is 6.14. The normalized spacial score (nSPS) is 12.2. The first-order valence-corrected chi connectivity index (χ1v) is 11.7. The van der Waals surface area contributed by atoms with Gasteiger partial charge in [0.15, 0.2) is 0 Å². The van der Waals surface area contributed by atoms with E-state index in [1.807, 2.05) is 50.4 Å². The van der Waals surface area contributed by atoms with Gasteiger partial charge in [-0.15, -0.1) is 11.3 Å². The largest absolute Gasteiger partial charge is 0.487 e. The molecule has 0 bridgehead atoms. The Bertz CT molecular complexity index is 1250. The number of aromatic nitrogens is 4. The van der Waals surface area contributed by atoms with Crippen LogP contribution in [0.1, 0.15) is 42.0 Å². The number of hydrogen-bond donors (Lipinski definition) is 1. The van der Waals surface area contributed by atoms with Crippen molar-refractivity contribution in [2.75, 3.05) is 0 Å². The summed E-state index contributed by atoms with van der Waals surface area (Å²) in [5.74, 6) is 1.37. The molecule has 3 aromatic heterocycles. The molecule has 0 fully saturated rings. The molecule has 4 rings (SSSR count). The maximum Gasteiger partial charge on any atom is 0.249 e. The second-order valence-corrected chi connectivity index (χ2v) is 9.03. The van der Waals surface area contributed by atoms with Crippen LogP contribution in [0.25, 0.3) is 17.5 Å². The predicted molar refractivity (Wildman–Crippen MR) is 130 cm³/mol. The minimum absolute atomic E-state index is 0.0565. The number of thiazole rings is 1. The molecule has 4 aromatic rings. The molecule has 174 valence electrons. The highest BCUT2D eigenvalue weighted by atomic mass is 32.1. The van der Waals surface area contributed by atoms with Crippen molar-refractivity contribution in [2.45, 2.75) is 33.4 Å². The van der Waals surface area contributed by atoms with Gasteiger partial charge in [-0.05, 0) is 48.7 Å². The maximum absolute atomic E-state index is 12.6. The summed E-state index contributed by atoms with van der Waals surface area (Å²) in [6.07, 6.45) is 6.57. The molecule has 8 nitrogen and oxygen atoms in total. The Balaban J connectivity index is 1.35. The molecule has 0 aliphatic rings. The Kier molecular flexibility index (Phi) is 7.44. The van der Waals surface area contributed by atoms with E-state index in [0.29, 0.717) is 18.3 Å². The molecule has 34 heavy (non-hydrogen) atoms. The summed E-state index contributed by atoms with van der Waals surface area (Å²) in [5.41, 5.74) is 2.59. The van der Waals surface area contributed by atoms with Crippen molar-refractivity contribution in [3.63, 3.8) is 0 Å². The average Bonchev–Trinajstić information content (AvgIpc) is 3.50. The van der Waals surface area contributed by atoms with Crippen LogP contribution in [0.15, 0.2) is 64.8 Å². The van der Waals surface area contributed by atoms with E-state index in [0.717, 1.165) is 27.6 Å². The number of carbonyl (C=O) groups excluding carboxylic acids is 1. The zero-order chi connectivity index (χ0) is 23.9. The van der Waals surface area contributed by atoms with Crippen LogP contribution in [-0.2, 0) is 11.4 Å². The molecule has 0 aliphatic carbocycles. The number of benzene rings is 1. The molecule has 1 N–H and O–H groups in total. The number of pyridine rings is 1. The van der Waals surface area contributed by atoms with Gasteiger partial charge in [0.05, 0.1) is 10.7 Å². The highest BCUT2D eigenvalue weighted by Crippen LogP contribution is 2.23. The Labute approximate surface area is 201 Å². The molecular formula is C25H25N5O3S. The van der Waals surface area contributed by atoms with Crippen LogP contribution in [0.4, 0.5) is 0 Å². The number of nitrogens with zero attached hydrogens (tertiary/aromatic N) is 4. The van der Waals surface area contributed by atoms with Gasteiger partial charge in [-0.3, -0.25) is 9.78 Å². The van der Waals surface area contributed by atoms with Crippen molar-refractivity contribution in [2.24, 2.45) is 5.92 Å². The molecule has 0 spiro atoms. The van der Waals surface area contributed by atoms with Crippen molar-refractivity contribution in [1.82, 2.24) is 25.4 Å². The molecule has 1 amide bonds. The molecule has 0 saturated carbocycles. The molecule has 0 saturated heterocycles. The van der Waals surface area contributed by atoms with E-state index in [4.69, 9.17) is 9.26 Å². The molecule has 9 heteroatoms. The van der Waals surface area contributed by atoms with Crippen LogP contribution in [-0.4, -0.2) is 26.0 Å². The standard InChI is InChI=1S/C25H25N5O3S/c1-16(2)23(25-29-24(30-33-25)19-10-12-26-13-11-19)28-22(31)9-6-18-4-7-21(8-5-18)32-14-20-15-34-17(3)27-20/h4-13,15-16,23H,14H2,1-3H3,(H,28,31)/b9-6+. The molecule has 1 aromatic carbocycles. The smallest absolute Gasteiger partial charge is 0.249 e. The molecular weight excluding hydrogens is 450 g/mol. The van der Waals surface area contributed by atoms with Crippen LogP contribution in [0.5, 0.6) is 5.75 Å². The first kappa shape index (κ1) is 23.3. The van der Waals surface area contributed by atoms with E-state index in [1.54, 1.807) is 41.9 Å². The van der Waals surface area contributed by atoms with Crippen molar-refractivity contribution in [3.8, 4) is 17.1 Å². The lowest BCUT2D eigenvalue weighted by Gasteiger charge is -2.17. The second kappa shape index (κ2) is 10.8. The van der Waals surface area contributed by atoms with E-state index < -0.39 is 6.04 Å². The van der Waals surface area contributed by atoms with Gasteiger partial charge in [0.1, 0.15) is 18.4 Å². The van der Waals surface area contributed by atoms with E-state index in [1.165, 1.54) is 6.08 Å². The average molecular weight is 476 g/mol. The number of amides is 1. The fraction of sp³-hybridized carbons (Fsp3) is 0.240. The molecule has 0 radical (unpaired) electrons. The summed E-state index contributed by atoms with van der Waals surface area (Å²) >= 11 is 1.60. The van der Waals surface area contributed by atoms with Gasteiger partial charge in [0.25, 0.3) is 0 Å². The summed E-state index contributed by atoms with van der Waals surface area (Å²) in [5, 5.41) is 10.00. The number of nitrogens with one attached hydrogen (secondary N) is 1. The van der Waals surface area contributed by atoms with Gasteiger partial charge < -0.3 is 14.6 Å². The minimum Gasteiger partial charge on any atom is -0.487 e. The number of ether oxygens (including phenoxy) is 1. The first-order chi connectivity index (χ1) is 16.5. The number of carbonyl (C=O) groups is 1. The molecule has 0 aliphatic heterocycles. The van der Waals surface area contributed by atoms with Gasteiger partial charge in [0, 0.05) is 29.4 Å². The van der Waals surface area contributed by atoms with Crippen molar-refractivity contribution < 1.29 is 14.1 Å². The van der Waals surface area contributed by atoms with Gasteiger partial charge in [0.2, 0.25) is 17.6 Å². The lowest BCUT2D eigenvalue weighted by Crippen LogP contribution is -2.30.